The van der Waals surface area contributed by atoms with Gasteiger partial charge in [-0.15, -0.1) is 0 Å². The van der Waals surface area contributed by atoms with Gasteiger partial charge in [-0.25, -0.2) is 4.98 Å². The lowest BCUT2D eigenvalue weighted by atomic mass is 10.2. The first-order valence-corrected chi connectivity index (χ1v) is 6.94. The van der Waals surface area contributed by atoms with E-state index in [9.17, 15) is 0 Å². The van der Waals surface area contributed by atoms with E-state index in [-0.39, 0.29) is 6.10 Å². The Kier molecular flexibility index (Phi) is 5.36. The van der Waals surface area contributed by atoms with Crippen molar-refractivity contribution in [1.29, 1.82) is 0 Å². The number of hydrogen-bond donors (Lipinski definition) is 0. The zero-order chi connectivity index (χ0) is 13.5. The first kappa shape index (κ1) is 14.0. The molecule has 0 saturated heterocycles. The Balaban J connectivity index is 1.76. The van der Waals surface area contributed by atoms with Crippen LogP contribution in [0.5, 0.6) is 5.88 Å². The Morgan fingerprint density at radius 1 is 1.16 bits per heavy atom. The minimum absolute atomic E-state index is 0.0464. The summed E-state index contributed by atoms with van der Waals surface area (Å²) in [7, 11) is 0. The van der Waals surface area contributed by atoms with E-state index in [2.05, 4.69) is 20.9 Å². The molecule has 19 heavy (non-hydrogen) atoms. The molecule has 2 aromatic rings. The third-order valence-corrected chi connectivity index (χ3v) is 3.11. The molecule has 0 radical (unpaired) electrons. The smallest absolute Gasteiger partial charge is 0.228 e. The molecule has 2 rings (SSSR count). The normalized spacial score (nSPS) is 12.1. The highest BCUT2D eigenvalue weighted by atomic mass is 79.9. The zero-order valence-electron chi connectivity index (χ0n) is 10.8. The summed E-state index contributed by atoms with van der Waals surface area (Å²) in [5, 5.41) is 0. The summed E-state index contributed by atoms with van der Waals surface area (Å²) in [5.74, 6) is 0.596. The van der Waals surface area contributed by atoms with Gasteiger partial charge in [0, 0.05) is 6.20 Å². The van der Waals surface area contributed by atoms with E-state index in [1.165, 1.54) is 0 Å². The van der Waals surface area contributed by atoms with Crippen LogP contribution in [-0.2, 0) is 11.3 Å². The summed E-state index contributed by atoms with van der Waals surface area (Å²) in [4.78, 5) is 4.16. The first-order valence-electron chi connectivity index (χ1n) is 6.14. The fourth-order valence-electron chi connectivity index (χ4n) is 1.60. The predicted octanol–water partition coefficient (Wildman–Crippen LogP) is 3.83. The Bertz CT molecular complexity index is 505. The van der Waals surface area contributed by atoms with Gasteiger partial charge in [-0.1, -0.05) is 30.3 Å². The van der Waals surface area contributed by atoms with Crippen molar-refractivity contribution in [2.24, 2.45) is 0 Å². The topological polar surface area (TPSA) is 31.4 Å². The number of benzene rings is 1. The number of nitrogens with zero attached hydrogens (tertiary/aromatic N) is 1. The third kappa shape index (κ3) is 4.65. The maximum absolute atomic E-state index is 5.70. The Morgan fingerprint density at radius 2 is 1.95 bits per heavy atom. The van der Waals surface area contributed by atoms with Crippen LogP contribution in [0.1, 0.15) is 12.5 Å². The van der Waals surface area contributed by atoms with Crippen LogP contribution in [0.3, 0.4) is 0 Å². The average molecular weight is 322 g/mol. The molecule has 3 nitrogen and oxygen atoms in total. The second-order valence-electron chi connectivity index (χ2n) is 4.22. The lowest BCUT2D eigenvalue weighted by Crippen LogP contribution is -2.19. The third-order valence-electron chi connectivity index (χ3n) is 2.50. The van der Waals surface area contributed by atoms with E-state index in [0.717, 1.165) is 10.0 Å². The minimum Gasteiger partial charge on any atom is -0.471 e. The maximum atomic E-state index is 5.70. The summed E-state index contributed by atoms with van der Waals surface area (Å²) in [6.45, 7) is 3.09. The fourth-order valence-corrected chi connectivity index (χ4v) is 1.95. The van der Waals surface area contributed by atoms with Gasteiger partial charge in [0.05, 0.1) is 17.7 Å². The van der Waals surface area contributed by atoms with E-state index in [1.807, 2.05) is 49.4 Å². The van der Waals surface area contributed by atoms with Gasteiger partial charge in [0.2, 0.25) is 5.88 Å². The highest BCUT2D eigenvalue weighted by molar-refractivity contribution is 9.10. The summed E-state index contributed by atoms with van der Waals surface area (Å²) >= 11 is 3.40. The van der Waals surface area contributed by atoms with Gasteiger partial charge in [-0.05, 0) is 40.5 Å². The molecule has 1 unspecified atom stereocenters. The van der Waals surface area contributed by atoms with Crippen molar-refractivity contribution >= 4 is 15.9 Å². The number of rotatable bonds is 6. The van der Waals surface area contributed by atoms with Crippen LogP contribution < -0.4 is 4.74 Å². The number of pyridine rings is 1. The van der Waals surface area contributed by atoms with Gasteiger partial charge in [-0.2, -0.15) is 0 Å². The fraction of sp³-hybridized carbons (Fsp3) is 0.267. The summed E-state index contributed by atoms with van der Waals surface area (Å²) in [6, 6.07) is 13.8. The molecule has 1 aromatic carbocycles. The van der Waals surface area contributed by atoms with E-state index < -0.39 is 0 Å². The van der Waals surface area contributed by atoms with Crippen LogP contribution >= 0.6 is 15.9 Å². The Hall–Kier alpha value is -1.39. The number of aromatic nitrogens is 1. The number of ether oxygens (including phenoxy) is 2. The van der Waals surface area contributed by atoms with E-state index in [1.54, 1.807) is 6.20 Å². The molecule has 1 heterocycles. The molecular weight excluding hydrogens is 306 g/mol. The lowest BCUT2D eigenvalue weighted by Gasteiger charge is -2.15. The number of hydrogen-bond acceptors (Lipinski definition) is 3. The van der Waals surface area contributed by atoms with Crippen LogP contribution in [0.25, 0.3) is 0 Å². The second-order valence-corrected chi connectivity index (χ2v) is 5.07. The summed E-state index contributed by atoms with van der Waals surface area (Å²) in [6.07, 6.45) is 1.66. The largest absolute Gasteiger partial charge is 0.471 e. The van der Waals surface area contributed by atoms with Crippen molar-refractivity contribution in [2.45, 2.75) is 19.6 Å². The van der Waals surface area contributed by atoms with Crippen LogP contribution in [0.4, 0.5) is 0 Å². The van der Waals surface area contributed by atoms with E-state index in [4.69, 9.17) is 9.47 Å². The van der Waals surface area contributed by atoms with Crippen LogP contribution in [-0.4, -0.2) is 17.7 Å². The van der Waals surface area contributed by atoms with Gasteiger partial charge in [0.15, 0.2) is 0 Å². The Morgan fingerprint density at radius 3 is 2.68 bits per heavy atom. The molecule has 0 N–H and O–H groups in total. The SMILES string of the molecule is CC(COCc1ccccc1)Oc1ncccc1Br. The van der Waals surface area contributed by atoms with Crippen molar-refractivity contribution in [1.82, 2.24) is 4.98 Å². The molecular formula is C15H16BrNO2. The van der Waals surface area contributed by atoms with E-state index in [0.29, 0.717) is 19.1 Å². The molecule has 0 aliphatic heterocycles. The molecule has 1 atom stereocenters. The van der Waals surface area contributed by atoms with Crippen LogP contribution in [0.2, 0.25) is 0 Å². The molecule has 4 heteroatoms. The molecule has 0 fully saturated rings. The lowest BCUT2D eigenvalue weighted by molar-refractivity contribution is 0.0469. The van der Waals surface area contributed by atoms with Gasteiger partial charge >= 0.3 is 0 Å². The maximum Gasteiger partial charge on any atom is 0.228 e. The summed E-state index contributed by atoms with van der Waals surface area (Å²) in [5.41, 5.74) is 1.16. The van der Waals surface area contributed by atoms with Crippen molar-refractivity contribution in [2.75, 3.05) is 6.61 Å². The molecule has 1 aromatic heterocycles. The zero-order valence-corrected chi connectivity index (χ0v) is 12.3. The first-order chi connectivity index (χ1) is 9.25. The molecule has 0 bridgehead atoms. The minimum atomic E-state index is -0.0464. The molecule has 0 aliphatic rings. The van der Waals surface area contributed by atoms with Crippen LogP contribution in [0.15, 0.2) is 53.1 Å². The highest BCUT2D eigenvalue weighted by Crippen LogP contribution is 2.21. The second kappa shape index (κ2) is 7.26. The molecule has 0 aliphatic carbocycles. The van der Waals surface area contributed by atoms with Crippen molar-refractivity contribution in [3.05, 3.63) is 58.7 Å². The average Bonchev–Trinajstić information content (AvgIpc) is 2.43. The number of halogens is 1. The van der Waals surface area contributed by atoms with Crippen molar-refractivity contribution < 1.29 is 9.47 Å². The van der Waals surface area contributed by atoms with Crippen LogP contribution in [0, 0.1) is 0 Å². The van der Waals surface area contributed by atoms with Gasteiger partial charge in [0.1, 0.15) is 6.10 Å². The predicted molar refractivity (Wildman–Crippen MR) is 78.1 cm³/mol. The molecule has 0 amide bonds. The Labute approximate surface area is 121 Å². The standard InChI is InChI=1S/C15H16BrNO2/c1-12(19-15-14(16)8-5-9-17-15)10-18-11-13-6-3-2-4-7-13/h2-9,12H,10-11H2,1H3. The van der Waals surface area contributed by atoms with Gasteiger partial charge in [0.25, 0.3) is 0 Å². The summed E-state index contributed by atoms with van der Waals surface area (Å²) < 4.78 is 12.2. The van der Waals surface area contributed by atoms with Gasteiger partial charge in [-0.3, -0.25) is 0 Å². The quantitative estimate of drug-likeness (QED) is 0.810. The monoisotopic (exact) mass is 321 g/mol. The van der Waals surface area contributed by atoms with E-state index >= 15 is 0 Å². The van der Waals surface area contributed by atoms with Crippen molar-refractivity contribution in [3.8, 4) is 5.88 Å². The van der Waals surface area contributed by atoms with Gasteiger partial charge < -0.3 is 9.47 Å². The molecule has 100 valence electrons. The molecule has 0 saturated carbocycles. The van der Waals surface area contributed by atoms with Crippen molar-refractivity contribution in [3.63, 3.8) is 0 Å². The highest BCUT2D eigenvalue weighted by Gasteiger charge is 2.08. The molecule has 0 spiro atoms.